The molecule has 3 nitrogen and oxygen atoms in total. The summed E-state index contributed by atoms with van der Waals surface area (Å²) in [7, 11) is 0. The zero-order valence-electron chi connectivity index (χ0n) is 9.08. The van der Waals surface area contributed by atoms with E-state index in [4.69, 9.17) is 5.73 Å². The van der Waals surface area contributed by atoms with Gasteiger partial charge >= 0.3 is 0 Å². The summed E-state index contributed by atoms with van der Waals surface area (Å²) >= 11 is 1.80. The number of nitrogens with two attached hydrogens (primary N) is 1. The van der Waals surface area contributed by atoms with Crippen molar-refractivity contribution in [2.75, 3.05) is 5.75 Å². The van der Waals surface area contributed by atoms with Crippen molar-refractivity contribution < 1.29 is 4.79 Å². The molecule has 86 valence electrons. The van der Waals surface area contributed by atoms with E-state index in [1.165, 1.54) is 6.42 Å². The van der Waals surface area contributed by atoms with E-state index in [2.05, 4.69) is 5.32 Å². The van der Waals surface area contributed by atoms with E-state index in [0.29, 0.717) is 12.1 Å². The van der Waals surface area contributed by atoms with Crippen molar-refractivity contribution in [1.82, 2.24) is 5.32 Å². The van der Waals surface area contributed by atoms with E-state index in [1.54, 1.807) is 11.8 Å². The predicted molar refractivity (Wildman–Crippen MR) is 63.9 cm³/mol. The van der Waals surface area contributed by atoms with Crippen LogP contribution in [0.2, 0.25) is 0 Å². The van der Waals surface area contributed by atoms with Crippen LogP contribution in [0.5, 0.6) is 0 Å². The Labute approximate surface area is 95.6 Å². The zero-order valence-corrected chi connectivity index (χ0v) is 9.89. The largest absolute Gasteiger partial charge is 0.352 e. The Morgan fingerprint density at radius 2 is 2.13 bits per heavy atom. The van der Waals surface area contributed by atoms with Crippen LogP contribution in [0.1, 0.15) is 38.5 Å². The predicted octanol–water partition coefficient (Wildman–Crippen LogP) is 1.27. The maximum atomic E-state index is 11.8. The monoisotopic (exact) mass is 228 g/mol. The summed E-state index contributed by atoms with van der Waals surface area (Å²) in [5.41, 5.74) is 5.90. The third kappa shape index (κ3) is 3.11. The van der Waals surface area contributed by atoms with Crippen LogP contribution in [-0.2, 0) is 4.79 Å². The molecule has 15 heavy (non-hydrogen) atoms. The van der Waals surface area contributed by atoms with Crippen LogP contribution in [0.3, 0.4) is 0 Å². The zero-order chi connectivity index (χ0) is 10.7. The Hall–Kier alpha value is -0.220. The van der Waals surface area contributed by atoms with Gasteiger partial charge in [0.1, 0.15) is 0 Å². The number of hydrogen-bond acceptors (Lipinski definition) is 3. The summed E-state index contributed by atoms with van der Waals surface area (Å²) in [5, 5.41) is 3.36. The summed E-state index contributed by atoms with van der Waals surface area (Å²) in [6.45, 7) is 0. The van der Waals surface area contributed by atoms with Crippen molar-refractivity contribution in [1.29, 1.82) is 0 Å². The molecule has 1 heterocycles. The Kier molecular flexibility index (Phi) is 3.92. The van der Waals surface area contributed by atoms with Gasteiger partial charge in [0.15, 0.2) is 0 Å². The van der Waals surface area contributed by atoms with Crippen LogP contribution in [0.25, 0.3) is 0 Å². The van der Waals surface area contributed by atoms with Gasteiger partial charge in [-0.2, -0.15) is 0 Å². The van der Waals surface area contributed by atoms with Crippen LogP contribution in [0, 0.1) is 0 Å². The van der Waals surface area contributed by atoms with E-state index in [1.807, 2.05) is 0 Å². The van der Waals surface area contributed by atoms with E-state index in [9.17, 15) is 4.79 Å². The number of hydrogen-bond donors (Lipinski definition) is 2. The summed E-state index contributed by atoms with van der Waals surface area (Å²) < 4.78 is 0. The smallest absolute Gasteiger partial charge is 0.233 e. The van der Waals surface area contributed by atoms with Gasteiger partial charge in [-0.3, -0.25) is 4.79 Å². The Bertz CT molecular complexity index is 229. The fraction of sp³-hybridized carbons (Fsp3) is 0.909. The fourth-order valence-electron chi connectivity index (χ4n) is 2.44. The molecule has 3 unspecified atom stereocenters. The lowest BCUT2D eigenvalue weighted by atomic mass is 9.91. The molecular formula is C11H20N2OS. The van der Waals surface area contributed by atoms with E-state index < -0.39 is 0 Å². The highest BCUT2D eigenvalue weighted by molar-refractivity contribution is 8.00. The first-order valence-corrected chi connectivity index (χ1v) is 6.98. The SMILES string of the molecule is NC1CCCC(NC(=O)C2CCCS2)C1. The van der Waals surface area contributed by atoms with Gasteiger partial charge < -0.3 is 11.1 Å². The summed E-state index contributed by atoms with van der Waals surface area (Å²) in [5.74, 6) is 1.39. The number of thioether (sulfide) groups is 1. The minimum atomic E-state index is 0.211. The topological polar surface area (TPSA) is 55.1 Å². The second kappa shape index (κ2) is 5.21. The van der Waals surface area contributed by atoms with Crippen molar-refractivity contribution in [2.45, 2.75) is 55.9 Å². The highest BCUT2D eigenvalue weighted by Crippen LogP contribution is 2.27. The lowest BCUT2D eigenvalue weighted by Crippen LogP contribution is -2.44. The highest BCUT2D eigenvalue weighted by atomic mass is 32.2. The number of nitrogens with one attached hydrogen (secondary N) is 1. The number of rotatable bonds is 2. The van der Waals surface area contributed by atoms with Crippen molar-refractivity contribution in [3.05, 3.63) is 0 Å². The molecule has 0 spiro atoms. The molecule has 2 fully saturated rings. The third-order valence-electron chi connectivity index (χ3n) is 3.28. The van der Waals surface area contributed by atoms with Gasteiger partial charge in [-0.25, -0.2) is 0 Å². The molecule has 1 aliphatic carbocycles. The second-order valence-electron chi connectivity index (χ2n) is 4.63. The van der Waals surface area contributed by atoms with Gasteiger partial charge in [-0.05, 0) is 44.3 Å². The van der Waals surface area contributed by atoms with Crippen molar-refractivity contribution in [3.8, 4) is 0 Å². The molecule has 4 heteroatoms. The van der Waals surface area contributed by atoms with Crippen LogP contribution >= 0.6 is 11.8 Å². The first-order chi connectivity index (χ1) is 7.25. The number of carbonyl (C=O) groups is 1. The quantitative estimate of drug-likeness (QED) is 0.748. The fourth-order valence-corrected chi connectivity index (χ4v) is 3.61. The van der Waals surface area contributed by atoms with Crippen LogP contribution in [-0.4, -0.2) is 29.0 Å². The average molecular weight is 228 g/mol. The first kappa shape index (κ1) is 11.3. The van der Waals surface area contributed by atoms with Crippen molar-refractivity contribution >= 4 is 17.7 Å². The average Bonchev–Trinajstić information content (AvgIpc) is 2.70. The molecular weight excluding hydrogens is 208 g/mol. The maximum absolute atomic E-state index is 11.8. The molecule has 1 amide bonds. The molecule has 2 aliphatic rings. The Morgan fingerprint density at radius 1 is 1.27 bits per heavy atom. The Balaban J connectivity index is 1.77. The first-order valence-electron chi connectivity index (χ1n) is 5.93. The van der Waals surface area contributed by atoms with Gasteiger partial charge in [-0.1, -0.05) is 0 Å². The van der Waals surface area contributed by atoms with E-state index in [0.717, 1.165) is 37.9 Å². The van der Waals surface area contributed by atoms with Crippen LogP contribution in [0.15, 0.2) is 0 Å². The number of carbonyl (C=O) groups excluding carboxylic acids is 1. The summed E-state index contributed by atoms with van der Waals surface area (Å²) in [4.78, 5) is 11.8. The maximum Gasteiger partial charge on any atom is 0.233 e. The molecule has 3 N–H and O–H groups in total. The lowest BCUT2D eigenvalue weighted by Gasteiger charge is -2.28. The minimum absolute atomic E-state index is 0.211. The van der Waals surface area contributed by atoms with E-state index in [-0.39, 0.29) is 11.2 Å². The van der Waals surface area contributed by atoms with Crippen LogP contribution in [0.4, 0.5) is 0 Å². The van der Waals surface area contributed by atoms with Gasteiger partial charge in [0, 0.05) is 12.1 Å². The molecule has 3 atom stereocenters. The number of amides is 1. The molecule has 0 aromatic carbocycles. The van der Waals surface area contributed by atoms with Gasteiger partial charge in [0.2, 0.25) is 5.91 Å². The van der Waals surface area contributed by atoms with Gasteiger partial charge in [0.25, 0.3) is 0 Å². The van der Waals surface area contributed by atoms with Crippen LogP contribution < -0.4 is 11.1 Å². The van der Waals surface area contributed by atoms with Gasteiger partial charge in [-0.15, -0.1) is 11.8 Å². The molecule has 0 aromatic heterocycles. The van der Waals surface area contributed by atoms with Crippen molar-refractivity contribution in [3.63, 3.8) is 0 Å². The lowest BCUT2D eigenvalue weighted by molar-refractivity contribution is -0.121. The standard InChI is InChI=1S/C11H20N2OS/c12-8-3-1-4-9(7-8)13-11(14)10-5-2-6-15-10/h8-10H,1-7,12H2,(H,13,14). The molecule has 0 aromatic rings. The summed E-state index contributed by atoms with van der Waals surface area (Å²) in [6, 6.07) is 0.628. The molecule has 1 saturated heterocycles. The summed E-state index contributed by atoms with van der Waals surface area (Å²) in [6.07, 6.45) is 6.58. The molecule has 2 rings (SSSR count). The minimum Gasteiger partial charge on any atom is -0.352 e. The van der Waals surface area contributed by atoms with Crippen molar-refractivity contribution in [2.24, 2.45) is 5.73 Å². The highest BCUT2D eigenvalue weighted by Gasteiger charge is 2.27. The molecule has 0 radical (unpaired) electrons. The second-order valence-corrected chi connectivity index (χ2v) is 5.94. The third-order valence-corrected chi connectivity index (χ3v) is 4.66. The molecule has 1 saturated carbocycles. The van der Waals surface area contributed by atoms with Gasteiger partial charge in [0.05, 0.1) is 5.25 Å². The molecule has 0 bridgehead atoms. The normalized spacial score (nSPS) is 36.5. The molecule has 1 aliphatic heterocycles. The Morgan fingerprint density at radius 3 is 2.80 bits per heavy atom. The van der Waals surface area contributed by atoms with E-state index >= 15 is 0 Å².